The first-order valence-electron chi connectivity index (χ1n) is 4.04. The third-order valence-corrected chi connectivity index (χ3v) is 2.71. The molecule has 0 aliphatic carbocycles. The Hall–Kier alpha value is -1.01. The molecule has 2 heterocycles. The lowest BCUT2D eigenvalue weighted by Gasteiger charge is -2.29. The highest BCUT2D eigenvalue weighted by Gasteiger charge is 2.17. The number of aromatic carboxylic acids is 1. The van der Waals surface area contributed by atoms with Crippen molar-refractivity contribution in [3.05, 3.63) is 10.8 Å². The molecule has 1 aromatic rings. The third kappa shape index (κ3) is 1.84. The van der Waals surface area contributed by atoms with E-state index in [0.29, 0.717) is 12.4 Å². The monoisotopic (exact) mass is 199 g/mol. The Morgan fingerprint density at radius 2 is 2.38 bits per heavy atom. The van der Waals surface area contributed by atoms with Crippen LogP contribution in [0, 0.1) is 0 Å². The van der Waals surface area contributed by atoms with Crippen LogP contribution in [0.2, 0.25) is 0 Å². The van der Waals surface area contributed by atoms with Gasteiger partial charge in [0.05, 0.1) is 6.54 Å². The summed E-state index contributed by atoms with van der Waals surface area (Å²) in [6, 6.07) is 0. The summed E-state index contributed by atoms with van der Waals surface area (Å²) in [5.74, 6) is -0.366. The summed E-state index contributed by atoms with van der Waals surface area (Å²) in [4.78, 5) is 16.6. The van der Waals surface area contributed by atoms with Gasteiger partial charge in [-0.3, -0.25) is 4.90 Å². The van der Waals surface area contributed by atoms with E-state index in [1.165, 1.54) is 6.42 Å². The Balaban J connectivity index is 2.00. The molecule has 70 valence electrons. The molecular formula is C7H9N3O2S. The molecule has 2 rings (SSSR count). The quantitative estimate of drug-likeness (QED) is 0.765. The second-order valence-corrected chi connectivity index (χ2v) is 3.70. The molecule has 6 heteroatoms. The van der Waals surface area contributed by atoms with Crippen LogP contribution in [0.1, 0.15) is 22.0 Å². The fraction of sp³-hybridized carbons (Fsp3) is 0.571. The maximum absolute atomic E-state index is 10.5. The van der Waals surface area contributed by atoms with Gasteiger partial charge < -0.3 is 5.11 Å². The molecule has 0 radical (unpaired) electrons. The van der Waals surface area contributed by atoms with E-state index < -0.39 is 5.97 Å². The summed E-state index contributed by atoms with van der Waals surface area (Å²) in [5, 5.41) is 8.68. The first-order valence-corrected chi connectivity index (χ1v) is 4.81. The summed E-state index contributed by atoms with van der Waals surface area (Å²) in [5.41, 5.74) is 0. The predicted molar refractivity (Wildman–Crippen MR) is 46.8 cm³/mol. The lowest BCUT2D eigenvalue weighted by atomic mass is 10.2. The molecular weight excluding hydrogens is 190 g/mol. The number of likely N-dealkylation sites (tertiary alicyclic amines) is 1. The zero-order valence-corrected chi connectivity index (χ0v) is 7.75. The van der Waals surface area contributed by atoms with Crippen LogP contribution in [-0.4, -0.2) is 38.4 Å². The summed E-state index contributed by atoms with van der Waals surface area (Å²) < 4.78 is 3.97. The van der Waals surface area contributed by atoms with Crippen molar-refractivity contribution < 1.29 is 9.90 Å². The van der Waals surface area contributed by atoms with E-state index in [1.807, 2.05) is 0 Å². The fourth-order valence-corrected chi connectivity index (χ4v) is 1.66. The molecule has 0 aromatic carbocycles. The summed E-state index contributed by atoms with van der Waals surface area (Å²) in [6.07, 6.45) is 1.22. The lowest BCUT2D eigenvalue weighted by Crippen LogP contribution is -2.36. The van der Waals surface area contributed by atoms with Crippen LogP contribution in [0.3, 0.4) is 0 Å². The van der Waals surface area contributed by atoms with Crippen molar-refractivity contribution in [3.8, 4) is 0 Å². The van der Waals surface area contributed by atoms with Crippen molar-refractivity contribution in [1.82, 2.24) is 14.3 Å². The highest BCUT2D eigenvalue weighted by atomic mass is 32.1. The summed E-state index contributed by atoms with van der Waals surface area (Å²) in [7, 11) is 0. The van der Waals surface area contributed by atoms with E-state index in [9.17, 15) is 4.79 Å². The van der Waals surface area contributed by atoms with Crippen LogP contribution in [0.25, 0.3) is 0 Å². The zero-order chi connectivity index (χ0) is 9.26. The van der Waals surface area contributed by atoms with Crippen molar-refractivity contribution in [1.29, 1.82) is 0 Å². The SMILES string of the molecule is O=C(O)c1nc(CN2CCC2)ns1. The van der Waals surface area contributed by atoms with Gasteiger partial charge in [-0.05, 0) is 31.0 Å². The minimum absolute atomic E-state index is 0.0792. The molecule has 5 nitrogen and oxygen atoms in total. The normalized spacial score (nSPS) is 16.9. The molecule has 0 unspecified atom stereocenters. The zero-order valence-electron chi connectivity index (χ0n) is 6.93. The lowest BCUT2D eigenvalue weighted by molar-refractivity contribution is 0.0696. The van der Waals surface area contributed by atoms with Gasteiger partial charge in [0.2, 0.25) is 5.01 Å². The van der Waals surface area contributed by atoms with Crippen LogP contribution in [0.5, 0.6) is 0 Å². The van der Waals surface area contributed by atoms with Crippen molar-refractivity contribution in [2.45, 2.75) is 13.0 Å². The molecule has 0 atom stereocenters. The molecule has 13 heavy (non-hydrogen) atoms. The largest absolute Gasteiger partial charge is 0.476 e. The Morgan fingerprint density at radius 1 is 1.62 bits per heavy atom. The first-order chi connectivity index (χ1) is 6.25. The number of carboxylic acids is 1. The minimum atomic E-state index is -0.993. The number of rotatable bonds is 3. The maximum atomic E-state index is 10.5. The van der Waals surface area contributed by atoms with Gasteiger partial charge in [0.1, 0.15) is 0 Å². The topological polar surface area (TPSA) is 66.3 Å². The number of hydrogen-bond acceptors (Lipinski definition) is 5. The predicted octanol–water partition coefficient (Wildman–Crippen LogP) is 0.442. The van der Waals surface area contributed by atoms with Crippen molar-refractivity contribution in [2.24, 2.45) is 0 Å². The Kier molecular flexibility index (Phi) is 2.24. The van der Waals surface area contributed by atoms with Crippen LogP contribution in [0.15, 0.2) is 0 Å². The molecule has 1 aromatic heterocycles. The molecule has 0 spiro atoms. The fourth-order valence-electron chi connectivity index (χ4n) is 1.14. The van der Waals surface area contributed by atoms with Crippen LogP contribution < -0.4 is 0 Å². The van der Waals surface area contributed by atoms with Gasteiger partial charge in [-0.2, -0.15) is 4.37 Å². The van der Waals surface area contributed by atoms with E-state index in [4.69, 9.17) is 5.11 Å². The number of carboxylic acid groups (broad SMARTS) is 1. The van der Waals surface area contributed by atoms with Crippen LogP contribution >= 0.6 is 11.5 Å². The molecule has 0 bridgehead atoms. The molecule has 1 aliphatic heterocycles. The average Bonchev–Trinajstić information content (AvgIpc) is 2.44. The van der Waals surface area contributed by atoms with E-state index in [0.717, 1.165) is 24.6 Å². The standard InChI is InChI=1S/C7H9N3O2S/c11-7(12)6-8-5(9-13-6)4-10-2-1-3-10/h1-4H2,(H,11,12). The van der Waals surface area contributed by atoms with Gasteiger partial charge in [0, 0.05) is 0 Å². The second-order valence-electron chi connectivity index (χ2n) is 2.95. The van der Waals surface area contributed by atoms with Gasteiger partial charge in [0.25, 0.3) is 0 Å². The molecule has 1 N–H and O–H groups in total. The maximum Gasteiger partial charge on any atom is 0.366 e. The number of nitrogens with zero attached hydrogens (tertiary/aromatic N) is 3. The van der Waals surface area contributed by atoms with Gasteiger partial charge >= 0.3 is 5.97 Å². The second kappa shape index (κ2) is 3.39. The highest BCUT2D eigenvalue weighted by Crippen LogP contribution is 2.11. The van der Waals surface area contributed by atoms with Crippen LogP contribution in [0.4, 0.5) is 0 Å². The third-order valence-electron chi connectivity index (χ3n) is 1.96. The number of aromatic nitrogens is 2. The van der Waals surface area contributed by atoms with Gasteiger partial charge in [-0.15, -0.1) is 0 Å². The molecule has 0 saturated carbocycles. The summed E-state index contributed by atoms with van der Waals surface area (Å²) in [6.45, 7) is 2.83. The highest BCUT2D eigenvalue weighted by molar-refractivity contribution is 7.07. The van der Waals surface area contributed by atoms with E-state index in [1.54, 1.807) is 0 Å². The average molecular weight is 199 g/mol. The van der Waals surface area contributed by atoms with E-state index in [-0.39, 0.29) is 5.01 Å². The van der Waals surface area contributed by atoms with Gasteiger partial charge in [-0.1, -0.05) is 0 Å². The molecule has 0 amide bonds. The smallest absolute Gasteiger partial charge is 0.366 e. The van der Waals surface area contributed by atoms with E-state index in [2.05, 4.69) is 14.3 Å². The molecule has 1 fully saturated rings. The van der Waals surface area contributed by atoms with Crippen molar-refractivity contribution in [3.63, 3.8) is 0 Å². The van der Waals surface area contributed by atoms with Crippen molar-refractivity contribution >= 4 is 17.5 Å². The number of hydrogen-bond donors (Lipinski definition) is 1. The van der Waals surface area contributed by atoms with Crippen LogP contribution in [-0.2, 0) is 6.54 Å². The van der Waals surface area contributed by atoms with Gasteiger partial charge in [-0.25, -0.2) is 9.78 Å². The molecule has 1 saturated heterocycles. The Bertz CT molecular complexity index is 321. The Labute approximate surface area is 79.2 Å². The molecule has 1 aliphatic rings. The van der Waals surface area contributed by atoms with E-state index >= 15 is 0 Å². The first kappa shape index (κ1) is 8.58. The van der Waals surface area contributed by atoms with Gasteiger partial charge in [0.15, 0.2) is 5.82 Å². The summed E-state index contributed by atoms with van der Waals surface area (Å²) >= 11 is 0.947. The number of carbonyl (C=O) groups is 1. The minimum Gasteiger partial charge on any atom is -0.476 e. The van der Waals surface area contributed by atoms with Crippen molar-refractivity contribution in [2.75, 3.05) is 13.1 Å². The Morgan fingerprint density at radius 3 is 2.85 bits per heavy atom.